The third kappa shape index (κ3) is 4.43. The molecule has 4 rings (SSSR count). The van der Waals surface area contributed by atoms with E-state index in [1.54, 1.807) is 26.4 Å². The largest absolute Gasteiger partial charge is 0.496 e. The van der Waals surface area contributed by atoms with E-state index in [1.807, 2.05) is 65.3 Å². The van der Waals surface area contributed by atoms with E-state index >= 15 is 0 Å². The molecule has 0 amide bonds. The Morgan fingerprint density at radius 1 is 0.848 bits per heavy atom. The molecule has 0 aliphatic rings. The Bertz CT molecular complexity index is 1280. The SMILES string of the molecule is COC(=O)c1ccc(Cn2nc(-c3ccccc3OC)c(Cl)c2-c2ccccc2OC)cc1. The fraction of sp³-hybridized carbons (Fsp3) is 0.154. The first-order chi connectivity index (χ1) is 16.1. The van der Waals surface area contributed by atoms with Gasteiger partial charge < -0.3 is 14.2 Å². The van der Waals surface area contributed by atoms with Crippen molar-refractivity contribution in [3.63, 3.8) is 0 Å². The number of ether oxygens (including phenoxy) is 3. The molecule has 33 heavy (non-hydrogen) atoms. The van der Waals surface area contributed by atoms with E-state index in [4.69, 9.17) is 30.9 Å². The van der Waals surface area contributed by atoms with Gasteiger partial charge in [0.05, 0.1) is 44.2 Å². The molecule has 0 N–H and O–H groups in total. The standard InChI is InChI=1S/C26H23ClN2O4/c1-31-21-10-6-4-8-19(21)24-23(27)25(20-9-5-7-11-22(20)32-2)29(28-24)16-17-12-14-18(15-13-17)26(30)33-3/h4-15H,16H2,1-3H3. The number of methoxy groups -OCH3 is 3. The molecule has 0 atom stereocenters. The lowest BCUT2D eigenvalue weighted by atomic mass is 10.1. The van der Waals surface area contributed by atoms with Crippen LogP contribution >= 0.6 is 11.6 Å². The van der Waals surface area contributed by atoms with Gasteiger partial charge in [0, 0.05) is 11.1 Å². The van der Waals surface area contributed by atoms with Crippen LogP contribution in [0.5, 0.6) is 11.5 Å². The molecule has 1 aromatic heterocycles. The van der Waals surface area contributed by atoms with Gasteiger partial charge in [0.1, 0.15) is 17.2 Å². The van der Waals surface area contributed by atoms with Crippen LogP contribution < -0.4 is 9.47 Å². The van der Waals surface area contributed by atoms with Gasteiger partial charge in [0.25, 0.3) is 0 Å². The minimum Gasteiger partial charge on any atom is -0.496 e. The lowest BCUT2D eigenvalue weighted by molar-refractivity contribution is 0.0600. The van der Waals surface area contributed by atoms with Crippen molar-refractivity contribution in [1.29, 1.82) is 0 Å². The molecule has 7 heteroatoms. The van der Waals surface area contributed by atoms with Crippen molar-refractivity contribution in [3.8, 4) is 34.0 Å². The molecule has 168 valence electrons. The van der Waals surface area contributed by atoms with Crippen LogP contribution in [0.1, 0.15) is 15.9 Å². The Balaban J connectivity index is 1.85. The lowest BCUT2D eigenvalue weighted by Gasteiger charge is -2.12. The quantitative estimate of drug-likeness (QED) is 0.328. The Labute approximate surface area is 197 Å². The van der Waals surface area contributed by atoms with E-state index in [2.05, 4.69) is 0 Å². The summed E-state index contributed by atoms with van der Waals surface area (Å²) in [6.45, 7) is 0.434. The Kier molecular flexibility index (Phi) is 6.66. The summed E-state index contributed by atoms with van der Waals surface area (Å²) in [5.41, 5.74) is 4.39. The molecule has 0 aliphatic heterocycles. The number of carbonyl (C=O) groups is 1. The predicted octanol–water partition coefficient (Wildman–Crippen LogP) is 5.72. The monoisotopic (exact) mass is 462 g/mol. The summed E-state index contributed by atoms with van der Waals surface area (Å²) >= 11 is 6.95. The van der Waals surface area contributed by atoms with E-state index in [0.29, 0.717) is 34.3 Å². The molecule has 6 nitrogen and oxygen atoms in total. The minimum atomic E-state index is -0.378. The topological polar surface area (TPSA) is 62.6 Å². The molecular formula is C26H23ClN2O4. The number of carbonyl (C=O) groups excluding carboxylic acids is 1. The van der Waals surface area contributed by atoms with Gasteiger partial charge in [-0.3, -0.25) is 4.68 Å². The molecular weight excluding hydrogens is 440 g/mol. The van der Waals surface area contributed by atoms with Crippen molar-refractivity contribution in [2.75, 3.05) is 21.3 Å². The molecule has 0 radical (unpaired) electrons. The van der Waals surface area contributed by atoms with Crippen LogP contribution in [-0.4, -0.2) is 37.1 Å². The zero-order valence-electron chi connectivity index (χ0n) is 18.5. The maximum atomic E-state index is 11.8. The van der Waals surface area contributed by atoms with Crippen molar-refractivity contribution in [1.82, 2.24) is 9.78 Å². The highest BCUT2D eigenvalue weighted by atomic mass is 35.5. The van der Waals surface area contributed by atoms with E-state index in [9.17, 15) is 4.79 Å². The number of hydrogen-bond acceptors (Lipinski definition) is 5. The summed E-state index contributed by atoms with van der Waals surface area (Å²) in [6.07, 6.45) is 0. The van der Waals surface area contributed by atoms with Crippen LogP contribution in [0.2, 0.25) is 5.02 Å². The molecule has 0 spiro atoms. The summed E-state index contributed by atoms with van der Waals surface area (Å²) in [4.78, 5) is 11.8. The van der Waals surface area contributed by atoms with Crippen LogP contribution in [0.15, 0.2) is 72.8 Å². The summed E-state index contributed by atoms with van der Waals surface area (Å²) in [5, 5.41) is 5.36. The van der Waals surface area contributed by atoms with Crippen LogP contribution in [0.25, 0.3) is 22.5 Å². The lowest BCUT2D eigenvalue weighted by Crippen LogP contribution is -2.06. The number of nitrogens with zero attached hydrogens (tertiary/aromatic N) is 2. The Morgan fingerprint density at radius 3 is 2.03 bits per heavy atom. The fourth-order valence-electron chi connectivity index (χ4n) is 3.70. The molecule has 0 bridgehead atoms. The highest BCUT2D eigenvalue weighted by Crippen LogP contribution is 2.42. The van der Waals surface area contributed by atoms with Crippen LogP contribution in [-0.2, 0) is 11.3 Å². The number of rotatable bonds is 7. The third-order valence-electron chi connectivity index (χ3n) is 5.33. The van der Waals surface area contributed by atoms with E-state index < -0.39 is 0 Å². The average Bonchev–Trinajstić information content (AvgIpc) is 3.18. The van der Waals surface area contributed by atoms with Gasteiger partial charge in [-0.05, 0) is 42.0 Å². The number of aromatic nitrogens is 2. The van der Waals surface area contributed by atoms with Gasteiger partial charge in [0.15, 0.2) is 0 Å². The zero-order chi connectivity index (χ0) is 23.4. The fourth-order valence-corrected chi connectivity index (χ4v) is 4.04. The van der Waals surface area contributed by atoms with Crippen molar-refractivity contribution < 1.29 is 19.0 Å². The van der Waals surface area contributed by atoms with Gasteiger partial charge in [-0.25, -0.2) is 4.79 Å². The van der Waals surface area contributed by atoms with Crippen molar-refractivity contribution in [2.45, 2.75) is 6.54 Å². The van der Waals surface area contributed by atoms with Crippen molar-refractivity contribution in [2.24, 2.45) is 0 Å². The highest BCUT2D eigenvalue weighted by molar-refractivity contribution is 6.35. The van der Waals surface area contributed by atoms with Crippen molar-refractivity contribution in [3.05, 3.63) is 88.9 Å². The van der Waals surface area contributed by atoms with E-state index in [0.717, 1.165) is 22.4 Å². The first-order valence-corrected chi connectivity index (χ1v) is 10.7. The molecule has 1 heterocycles. The molecule has 0 aliphatic carbocycles. The van der Waals surface area contributed by atoms with Crippen molar-refractivity contribution >= 4 is 17.6 Å². The zero-order valence-corrected chi connectivity index (χ0v) is 19.3. The van der Waals surface area contributed by atoms with E-state index in [-0.39, 0.29) is 5.97 Å². The Morgan fingerprint density at radius 2 is 1.42 bits per heavy atom. The summed E-state index contributed by atoms with van der Waals surface area (Å²) in [5.74, 6) is 0.989. The van der Waals surface area contributed by atoms with E-state index in [1.165, 1.54) is 7.11 Å². The molecule has 3 aromatic carbocycles. The first-order valence-electron chi connectivity index (χ1n) is 10.3. The average molecular weight is 463 g/mol. The maximum Gasteiger partial charge on any atom is 0.337 e. The summed E-state index contributed by atoms with van der Waals surface area (Å²) in [7, 11) is 4.61. The molecule has 0 unspecified atom stereocenters. The molecule has 0 fully saturated rings. The molecule has 4 aromatic rings. The van der Waals surface area contributed by atoms with Gasteiger partial charge in [-0.2, -0.15) is 5.10 Å². The normalized spacial score (nSPS) is 10.7. The van der Waals surface area contributed by atoms with Gasteiger partial charge in [0.2, 0.25) is 0 Å². The molecule has 0 saturated carbocycles. The highest BCUT2D eigenvalue weighted by Gasteiger charge is 2.23. The summed E-state index contributed by atoms with van der Waals surface area (Å²) < 4.78 is 17.8. The minimum absolute atomic E-state index is 0.378. The second-order valence-electron chi connectivity index (χ2n) is 7.26. The molecule has 0 saturated heterocycles. The number of esters is 1. The number of benzene rings is 3. The summed E-state index contributed by atoms with van der Waals surface area (Å²) in [6, 6.07) is 22.5. The van der Waals surface area contributed by atoms with Gasteiger partial charge >= 0.3 is 5.97 Å². The number of para-hydroxylation sites is 2. The second kappa shape index (κ2) is 9.79. The van der Waals surface area contributed by atoms with Gasteiger partial charge in [-0.15, -0.1) is 0 Å². The maximum absolute atomic E-state index is 11.8. The van der Waals surface area contributed by atoms with Crippen LogP contribution in [0.4, 0.5) is 0 Å². The number of halogens is 1. The smallest absolute Gasteiger partial charge is 0.337 e. The van der Waals surface area contributed by atoms with Crippen LogP contribution in [0, 0.1) is 0 Å². The number of hydrogen-bond donors (Lipinski definition) is 0. The first kappa shape index (κ1) is 22.4. The predicted molar refractivity (Wildman–Crippen MR) is 128 cm³/mol. The van der Waals surface area contributed by atoms with Gasteiger partial charge in [-0.1, -0.05) is 48.0 Å². The second-order valence-corrected chi connectivity index (χ2v) is 7.64. The van der Waals surface area contributed by atoms with Crippen LogP contribution in [0.3, 0.4) is 0 Å². The third-order valence-corrected chi connectivity index (χ3v) is 5.68. The Hall–Kier alpha value is -3.77.